The third-order valence-electron chi connectivity index (χ3n) is 5.25. The maximum atomic E-state index is 12.6. The molecular weight excluding hydrogens is 462 g/mol. The monoisotopic (exact) mass is 497 g/mol. The zero-order chi connectivity index (χ0) is 26.8. The molecule has 1 N–H and O–H groups in total. The molecule has 0 aromatic heterocycles. The minimum Gasteiger partial charge on any atom is -0.490 e. The van der Waals surface area contributed by atoms with Crippen LogP contribution in [0.25, 0.3) is 6.08 Å². The van der Waals surface area contributed by atoms with Crippen molar-refractivity contribution in [2.45, 2.75) is 59.7 Å². The van der Waals surface area contributed by atoms with Crippen molar-refractivity contribution in [1.82, 2.24) is 4.90 Å². The highest BCUT2D eigenvalue weighted by atomic mass is 16.5. The van der Waals surface area contributed by atoms with E-state index in [2.05, 4.69) is 0 Å². The third kappa shape index (κ3) is 8.15. The highest BCUT2D eigenvalue weighted by Crippen LogP contribution is 2.29. The van der Waals surface area contributed by atoms with Crippen LogP contribution in [0.5, 0.6) is 17.2 Å². The second kappa shape index (κ2) is 13.3. The number of carbonyl (C=O) groups excluding carboxylic acids is 2. The normalized spacial score (nSPS) is 12.0. The fourth-order valence-electron chi connectivity index (χ4n) is 3.62. The first-order valence-electron chi connectivity index (χ1n) is 12.0. The second-order valence-corrected chi connectivity index (χ2v) is 8.74. The Morgan fingerprint density at radius 3 is 2.11 bits per heavy atom. The van der Waals surface area contributed by atoms with Gasteiger partial charge in [-0.1, -0.05) is 12.1 Å². The number of ketones is 1. The predicted molar refractivity (Wildman–Crippen MR) is 138 cm³/mol. The van der Waals surface area contributed by atoms with Gasteiger partial charge in [-0.25, -0.2) is 4.79 Å². The number of amides is 1. The summed E-state index contributed by atoms with van der Waals surface area (Å²) in [5.74, 6) is -0.0988. The number of aliphatic carboxylic acids is 1. The Hall–Kier alpha value is -3.81. The van der Waals surface area contributed by atoms with E-state index in [1.807, 2.05) is 34.6 Å². The lowest BCUT2D eigenvalue weighted by Gasteiger charge is -2.30. The van der Waals surface area contributed by atoms with Crippen LogP contribution >= 0.6 is 0 Å². The van der Waals surface area contributed by atoms with Gasteiger partial charge in [0.25, 0.3) is 5.91 Å². The molecule has 2 rings (SSSR count). The van der Waals surface area contributed by atoms with Crippen LogP contribution < -0.4 is 14.2 Å². The van der Waals surface area contributed by atoms with Crippen LogP contribution in [-0.2, 0) is 9.59 Å². The number of hydrogen-bond donors (Lipinski definition) is 1. The van der Waals surface area contributed by atoms with Gasteiger partial charge in [0, 0.05) is 17.6 Å². The summed E-state index contributed by atoms with van der Waals surface area (Å²) < 4.78 is 16.8. The zero-order valence-electron chi connectivity index (χ0n) is 21.7. The summed E-state index contributed by atoms with van der Waals surface area (Å²) in [6.07, 6.45) is 2.12. The van der Waals surface area contributed by atoms with Gasteiger partial charge in [-0.15, -0.1) is 0 Å². The number of nitrogens with zero attached hydrogens (tertiary/aromatic N) is 1. The van der Waals surface area contributed by atoms with Gasteiger partial charge in [-0.2, -0.15) is 0 Å². The first-order chi connectivity index (χ1) is 17.0. The molecule has 1 unspecified atom stereocenters. The van der Waals surface area contributed by atoms with Gasteiger partial charge in [-0.05, 0) is 89.6 Å². The molecule has 0 fully saturated rings. The van der Waals surface area contributed by atoms with E-state index in [1.165, 1.54) is 13.0 Å². The topological polar surface area (TPSA) is 102 Å². The van der Waals surface area contributed by atoms with Gasteiger partial charge in [0.05, 0.1) is 6.61 Å². The maximum absolute atomic E-state index is 12.6. The molecule has 0 aliphatic rings. The summed E-state index contributed by atoms with van der Waals surface area (Å²) in [5.41, 5.74) is 1.16. The average molecular weight is 498 g/mol. The molecule has 0 aliphatic carbocycles. The van der Waals surface area contributed by atoms with Crippen LogP contribution in [0.4, 0.5) is 0 Å². The first kappa shape index (κ1) is 28.4. The fraction of sp³-hybridized carbons (Fsp3) is 0.393. The number of rotatable bonds is 13. The number of carbonyl (C=O) groups is 3. The zero-order valence-corrected chi connectivity index (χ0v) is 21.7. The van der Waals surface area contributed by atoms with Crippen molar-refractivity contribution in [2.24, 2.45) is 0 Å². The van der Waals surface area contributed by atoms with Crippen LogP contribution in [0.2, 0.25) is 0 Å². The highest BCUT2D eigenvalue weighted by molar-refractivity contribution is 6.06. The molecule has 2 aromatic rings. The van der Waals surface area contributed by atoms with E-state index in [9.17, 15) is 14.4 Å². The van der Waals surface area contributed by atoms with Gasteiger partial charge < -0.3 is 24.2 Å². The first-order valence-corrected chi connectivity index (χ1v) is 12.0. The van der Waals surface area contributed by atoms with Crippen molar-refractivity contribution in [3.05, 3.63) is 59.7 Å². The largest absolute Gasteiger partial charge is 0.490 e. The molecule has 0 saturated heterocycles. The Balaban J connectivity index is 2.09. The van der Waals surface area contributed by atoms with Crippen molar-refractivity contribution < 1.29 is 33.7 Å². The lowest BCUT2D eigenvalue weighted by atomic mass is 10.1. The lowest BCUT2D eigenvalue weighted by Crippen LogP contribution is -2.44. The molecule has 0 radical (unpaired) electrons. The molecule has 0 spiro atoms. The van der Waals surface area contributed by atoms with Gasteiger partial charge >= 0.3 is 5.97 Å². The Kier molecular flexibility index (Phi) is 10.5. The minimum absolute atomic E-state index is 0.0644. The second-order valence-electron chi connectivity index (χ2n) is 8.74. The number of ether oxygens (including phenoxy) is 3. The van der Waals surface area contributed by atoms with Crippen molar-refractivity contribution >= 4 is 23.7 Å². The standard InChI is InChI=1S/C28H35NO7/c1-7-34-26-16-21(9-15-25(26)35-17-27(31)29(18(2)3)19(4)5)8-14-24(30)22-10-12-23(13-11-22)36-20(6)28(32)33/h8-16,18-20H,7,17H2,1-6H3,(H,32,33)/b14-8+. The summed E-state index contributed by atoms with van der Waals surface area (Å²) in [5, 5.41) is 8.93. The van der Waals surface area contributed by atoms with Crippen molar-refractivity contribution in [3.63, 3.8) is 0 Å². The Labute approximate surface area is 212 Å². The Bertz CT molecular complexity index is 1070. The SMILES string of the molecule is CCOc1cc(/C=C/C(=O)c2ccc(OC(C)C(=O)O)cc2)ccc1OCC(=O)N(C(C)C)C(C)C. The smallest absolute Gasteiger partial charge is 0.344 e. The van der Waals surface area contributed by atoms with Gasteiger partial charge in [0.2, 0.25) is 0 Å². The highest BCUT2D eigenvalue weighted by Gasteiger charge is 2.21. The van der Waals surface area contributed by atoms with Crippen LogP contribution in [0.3, 0.4) is 0 Å². The number of hydrogen-bond acceptors (Lipinski definition) is 6. The van der Waals surface area contributed by atoms with E-state index < -0.39 is 12.1 Å². The van der Waals surface area contributed by atoms with E-state index >= 15 is 0 Å². The molecule has 8 nitrogen and oxygen atoms in total. The molecule has 2 aromatic carbocycles. The van der Waals surface area contributed by atoms with E-state index in [1.54, 1.807) is 53.4 Å². The number of benzene rings is 2. The average Bonchev–Trinajstić information content (AvgIpc) is 2.82. The molecule has 1 atom stereocenters. The summed E-state index contributed by atoms with van der Waals surface area (Å²) >= 11 is 0. The molecule has 8 heteroatoms. The van der Waals surface area contributed by atoms with Crippen LogP contribution in [-0.4, -0.2) is 59.1 Å². The third-order valence-corrected chi connectivity index (χ3v) is 5.25. The van der Waals surface area contributed by atoms with Crippen molar-refractivity contribution in [2.75, 3.05) is 13.2 Å². The molecule has 0 aliphatic heterocycles. The van der Waals surface area contributed by atoms with Crippen LogP contribution in [0, 0.1) is 0 Å². The summed E-state index contributed by atoms with van der Waals surface area (Å²) in [6.45, 7) is 11.5. The van der Waals surface area contributed by atoms with E-state index in [0.29, 0.717) is 29.4 Å². The lowest BCUT2D eigenvalue weighted by molar-refractivity contribution is -0.144. The Morgan fingerprint density at radius 2 is 1.56 bits per heavy atom. The molecular formula is C28H35NO7. The number of allylic oxidation sites excluding steroid dienone is 1. The van der Waals surface area contributed by atoms with E-state index in [4.69, 9.17) is 19.3 Å². The quantitative estimate of drug-likeness (QED) is 0.311. The molecule has 194 valence electrons. The molecule has 0 bridgehead atoms. The van der Waals surface area contributed by atoms with Gasteiger partial charge in [0.15, 0.2) is 30.0 Å². The van der Waals surface area contributed by atoms with Crippen LogP contribution in [0.15, 0.2) is 48.5 Å². The van der Waals surface area contributed by atoms with Crippen molar-refractivity contribution in [3.8, 4) is 17.2 Å². The summed E-state index contributed by atoms with van der Waals surface area (Å²) in [4.78, 5) is 37.9. The van der Waals surface area contributed by atoms with E-state index in [-0.39, 0.29) is 30.4 Å². The van der Waals surface area contributed by atoms with Gasteiger partial charge in [-0.3, -0.25) is 9.59 Å². The van der Waals surface area contributed by atoms with Crippen LogP contribution in [0.1, 0.15) is 57.5 Å². The number of carboxylic acids is 1. The fourth-order valence-corrected chi connectivity index (χ4v) is 3.62. The predicted octanol–water partition coefficient (Wildman–Crippen LogP) is 4.86. The maximum Gasteiger partial charge on any atom is 0.344 e. The van der Waals surface area contributed by atoms with Crippen molar-refractivity contribution in [1.29, 1.82) is 0 Å². The Morgan fingerprint density at radius 1 is 0.917 bits per heavy atom. The molecule has 36 heavy (non-hydrogen) atoms. The number of carboxylic acid groups (broad SMARTS) is 1. The van der Waals surface area contributed by atoms with Gasteiger partial charge in [0.1, 0.15) is 5.75 Å². The summed E-state index contributed by atoms with van der Waals surface area (Å²) in [6, 6.07) is 11.6. The summed E-state index contributed by atoms with van der Waals surface area (Å²) in [7, 11) is 0. The molecule has 0 saturated carbocycles. The molecule has 1 amide bonds. The molecule has 0 heterocycles. The minimum atomic E-state index is -1.07. The van der Waals surface area contributed by atoms with E-state index in [0.717, 1.165) is 5.56 Å².